The standard InChI is InChI=1S/C22H42NO10P/c1-3-5-7-8-9-10-12-14-21(25)33-18(15-30-20(24)13-11-6-4-2)16-31-34(28,29)32-17-19(23)22(26)27/h18-19H,3-17,23H2,1-2H3,(H,26,27)(H,28,29). The smallest absolute Gasteiger partial charge is 0.472 e. The van der Waals surface area contributed by atoms with Gasteiger partial charge in [-0.1, -0.05) is 65.2 Å². The van der Waals surface area contributed by atoms with Gasteiger partial charge < -0.3 is 25.2 Å². The van der Waals surface area contributed by atoms with Gasteiger partial charge in [0, 0.05) is 12.8 Å². The summed E-state index contributed by atoms with van der Waals surface area (Å²) < 4.78 is 31.7. The van der Waals surface area contributed by atoms with Crippen LogP contribution in [0.25, 0.3) is 0 Å². The number of unbranched alkanes of at least 4 members (excludes halogenated alkanes) is 8. The predicted molar refractivity (Wildman–Crippen MR) is 125 cm³/mol. The van der Waals surface area contributed by atoms with Gasteiger partial charge in [0.15, 0.2) is 6.10 Å². The molecule has 0 aliphatic rings. The molecule has 0 aliphatic carbocycles. The van der Waals surface area contributed by atoms with E-state index in [-0.39, 0.29) is 19.4 Å². The predicted octanol–water partition coefficient (Wildman–Crippen LogP) is 3.71. The number of carboxylic acids is 1. The number of nitrogens with two attached hydrogens (primary N) is 1. The first-order chi connectivity index (χ1) is 16.1. The molecule has 0 aromatic rings. The molecule has 0 fully saturated rings. The molecule has 0 spiro atoms. The lowest BCUT2D eigenvalue weighted by atomic mass is 10.1. The van der Waals surface area contributed by atoms with E-state index in [1.165, 1.54) is 12.8 Å². The Labute approximate surface area is 202 Å². The summed E-state index contributed by atoms with van der Waals surface area (Å²) in [6, 6.07) is -1.51. The van der Waals surface area contributed by atoms with Crippen LogP contribution in [-0.4, -0.2) is 59.9 Å². The van der Waals surface area contributed by atoms with Crippen LogP contribution in [0.2, 0.25) is 0 Å². The number of phosphoric acid groups is 1. The van der Waals surface area contributed by atoms with E-state index in [1.54, 1.807) is 0 Å². The molecular weight excluding hydrogens is 469 g/mol. The minimum atomic E-state index is -4.67. The van der Waals surface area contributed by atoms with Crippen LogP contribution < -0.4 is 5.73 Å². The highest BCUT2D eigenvalue weighted by molar-refractivity contribution is 7.47. The summed E-state index contributed by atoms with van der Waals surface area (Å²) in [7, 11) is -4.67. The van der Waals surface area contributed by atoms with Gasteiger partial charge in [0.1, 0.15) is 12.6 Å². The first-order valence-electron chi connectivity index (χ1n) is 12.1. The van der Waals surface area contributed by atoms with E-state index in [0.717, 1.165) is 38.5 Å². The summed E-state index contributed by atoms with van der Waals surface area (Å²) in [6.45, 7) is 2.47. The normalized spacial score (nSPS) is 14.7. The summed E-state index contributed by atoms with van der Waals surface area (Å²) in [5, 5.41) is 8.71. The molecule has 0 radical (unpaired) electrons. The van der Waals surface area contributed by atoms with E-state index in [4.69, 9.17) is 24.8 Å². The van der Waals surface area contributed by atoms with E-state index < -0.39 is 51.1 Å². The summed E-state index contributed by atoms with van der Waals surface area (Å²) in [5.41, 5.74) is 5.23. The molecule has 0 saturated heterocycles. The molecular formula is C22H42NO10P. The number of carbonyl (C=O) groups is 3. The molecule has 11 nitrogen and oxygen atoms in total. The van der Waals surface area contributed by atoms with Crippen molar-refractivity contribution in [2.24, 2.45) is 5.73 Å². The Hall–Kier alpha value is -1.52. The minimum Gasteiger partial charge on any atom is -0.480 e. The third kappa shape index (κ3) is 18.9. The average molecular weight is 512 g/mol. The van der Waals surface area contributed by atoms with Crippen molar-refractivity contribution in [1.82, 2.24) is 0 Å². The van der Waals surface area contributed by atoms with E-state index in [2.05, 4.69) is 11.4 Å². The largest absolute Gasteiger partial charge is 0.480 e. The molecule has 0 aromatic carbocycles. The maximum atomic E-state index is 12.2. The maximum Gasteiger partial charge on any atom is 0.472 e. The van der Waals surface area contributed by atoms with Gasteiger partial charge >= 0.3 is 25.7 Å². The zero-order valence-electron chi connectivity index (χ0n) is 20.4. The van der Waals surface area contributed by atoms with Gasteiger partial charge in [0.05, 0.1) is 13.2 Å². The zero-order valence-corrected chi connectivity index (χ0v) is 21.3. The Morgan fingerprint density at radius 3 is 1.91 bits per heavy atom. The topological polar surface area (TPSA) is 172 Å². The molecule has 3 atom stereocenters. The second-order valence-corrected chi connectivity index (χ2v) is 9.58. The summed E-state index contributed by atoms with van der Waals surface area (Å²) >= 11 is 0. The number of aliphatic carboxylic acids is 1. The number of hydrogen-bond donors (Lipinski definition) is 3. The molecule has 0 heterocycles. The fourth-order valence-corrected chi connectivity index (χ4v) is 3.60. The van der Waals surface area contributed by atoms with Crippen LogP contribution in [0.1, 0.15) is 90.9 Å². The van der Waals surface area contributed by atoms with Gasteiger partial charge in [-0.25, -0.2) is 4.57 Å². The molecule has 34 heavy (non-hydrogen) atoms. The quantitative estimate of drug-likeness (QED) is 0.110. The fraction of sp³-hybridized carbons (Fsp3) is 0.864. The number of rotatable bonds is 22. The Kier molecular flexibility index (Phi) is 18.9. The van der Waals surface area contributed by atoms with Gasteiger partial charge in [-0.3, -0.25) is 23.4 Å². The van der Waals surface area contributed by atoms with Crippen molar-refractivity contribution in [3.8, 4) is 0 Å². The van der Waals surface area contributed by atoms with Crippen molar-refractivity contribution in [3.63, 3.8) is 0 Å². The fourth-order valence-electron chi connectivity index (χ4n) is 2.83. The van der Waals surface area contributed by atoms with Crippen molar-refractivity contribution >= 4 is 25.7 Å². The lowest BCUT2D eigenvalue weighted by Gasteiger charge is -2.20. The number of carboxylic acid groups (broad SMARTS) is 1. The third-order valence-electron chi connectivity index (χ3n) is 4.86. The van der Waals surface area contributed by atoms with Gasteiger partial charge in [-0.2, -0.15) is 0 Å². The van der Waals surface area contributed by atoms with Crippen LogP contribution in [0, 0.1) is 0 Å². The molecule has 0 aliphatic heterocycles. The Balaban J connectivity index is 4.63. The van der Waals surface area contributed by atoms with E-state index >= 15 is 0 Å². The molecule has 200 valence electrons. The van der Waals surface area contributed by atoms with Gasteiger partial charge in [-0.15, -0.1) is 0 Å². The third-order valence-corrected chi connectivity index (χ3v) is 5.81. The lowest BCUT2D eigenvalue weighted by Crippen LogP contribution is -2.34. The average Bonchev–Trinajstić information content (AvgIpc) is 2.78. The molecule has 0 aromatic heterocycles. The highest BCUT2D eigenvalue weighted by Gasteiger charge is 2.28. The molecule has 12 heteroatoms. The number of ether oxygens (including phenoxy) is 2. The first kappa shape index (κ1) is 32.5. The van der Waals surface area contributed by atoms with E-state index in [1.807, 2.05) is 6.92 Å². The molecule has 3 unspecified atom stereocenters. The summed E-state index contributed by atoms with van der Waals surface area (Å²) in [6.07, 6.45) is 8.93. The first-order valence-corrected chi connectivity index (χ1v) is 13.6. The van der Waals surface area contributed by atoms with Crippen LogP contribution in [-0.2, 0) is 37.5 Å². The van der Waals surface area contributed by atoms with Crippen LogP contribution in [0.4, 0.5) is 0 Å². The molecule has 0 saturated carbocycles. The van der Waals surface area contributed by atoms with E-state index in [0.29, 0.717) is 12.8 Å². The number of phosphoric ester groups is 1. The number of esters is 2. The van der Waals surface area contributed by atoms with Crippen LogP contribution in [0.15, 0.2) is 0 Å². The number of carbonyl (C=O) groups excluding carboxylic acids is 2. The van der Waals surface area contributed by atoms with Gasteiger partial charge in [0.2, 0.25) is 0 Å². The number of hydrogen-bond acceptors (Lipinski definition) is 9. The van der Waals surface area contributed by atoms with Crippen LogP contribution in [0.5, 0.6) is 0 Å². The summed E-state index contributed by atoms with van der Waals surface area (Å²) in [5.74, 6) is -2.42. The summed E-state index contributed by atoms with van der Waals surface area (Å²) in [4.78, 5) is 44.5. The van der Waals surface area contributed by atoms with Crippen LogP contribution >= 0.6 is 7.82 Å². The van der Waals surface area contributed by atoms with Crippen molar-refractivity contribution in [2.45, 2.75) is 103 Å². The Bertz CT molecular complexity index is 631. The van der Waals surface area contributed by atoms with Crippen molar-refractivity contribution in [3.05, 3.63) is 0 Å². The minimum absolute atomic E-state index is 0.162. The van der Waals surface area contributed by atoms with Gasteiger partial charge in [0.25, 0.3) is 0 Å². The second kappa shape index (κ2) is 19.8. The zero-order chi connectivity index (χ0) is 25.8. The highest BCUT2D eigenvalue weighted by atomic mass is 31.2. The SMILES string of the molecule is CCCCCCCCCC(=O)OC(COC(=O)CCCCC)COP(=O)(O)OCC(N)C(=O)O. The van der Waals surface area contributed by atoms with E-state index in [9.17, 15) is 23.8 Å². The second-order valence-electron chi connectivity index (χ2n) is 8.13. The monoisotopic (exact) mass is 511 g/mol. The van der Waals surface area contributed by atoms with Gasteiger partial charge in [-0.05, 0) is 12.8 Å². The Morgan fingerprint density at radius 1 is 0.794 bits per heavy atom. The molecule has 4 N–H and O–H groups in total. The van der Waals surface area contributed by atoms with Crippen LogP contribution in [0.3, 0.4) is 0 Å². The van der Waals surface area contributed by atoms with Crippen molar-refractivity contribution in [1.29, 1.82) is 0 Å². The lowest BCUT2D eigenvalue weighted by molar-refractivity contribution is -0.161. The molecule has 0 bridgehead atoms. The Morgan fingerprint density at radius 2 is 1.29 bits per heavy atom. The molecule has 0 amide bonds. The van der Waals surface area contributed by atoms with Crippen molar-refractivity contribution < 1.29 is 47.5 Å². The van der Waals surface area contributed by atoms with Crippen molar-refractivity contribution in [2.75, 3.05) is 19.8 Å². The maximum absolute atomic E-state index is 12.2. The highest BCUT2D eigenvalue weighted by Crippen LogP contribution is 2.43. The molecule has 0 rings (SSSR count).